The number of halogens is 1. The second-order valence-corrected chi connectivity index (χ2v) is 8.17. The van der Waals surface area contributed by atoms with Crippen molar-refractivity contribution < 1.29 is 14.3 Å². The molecule has 1 heterocycles. The molecule has 0 unspecified atom stereocenters. The number of rotatable bonds is 4. The fourth-order valence-electron chi connectivity index (χ4n) is 2.98. The Hall–Kier alpha value is -2.49. The monoisotopic (exact) mass is 538 g/mol. The van der Waals surface area contributed by atoms with Gasteiger partial charge in [-0.25, -0.2) is 0 Å². The Kier molecular flexibility index (Phi) is 8.97. The lowest BCUT2D eigenvalue weighted by Gasteiger charge is -2.20. The summed E-state index contributed by atoms with van der Waals surface area (Å²) in [5.41, 5.74) is 2.19. The van der Waals surface area contributed by atoms with Crippen LogP contribution in [-0.2, 0) is 6.54 Å². The number of carbonyl (C=O) groups excluding carboxylic acids is 1. The molecule has 0 spiro atoms. The van der Waals surface area contributed by atoms with Gasteiger partial charge < -0.3 is 25.4 Å². The number of guanidine groups is 1. The molecule has 2 aromatic carbocycles. The lowest BCUT2D eigenvalue weighted by atomic mass is 10.1. The van der Waals surface area contributed by atoms with E-state index in [-0.39, 0.29) is 35.4 Å². The van der Waals surface area contributed by atoms with E-state index in [0.29, 0.717) is 31.3 Å². The molecule has 1 aliphatic rings. The van der Waals surface area contributed by atoms with E-state index in [1.165, 1.54) is 0 Å². The average Bonchev–Trinajstić information content (AvgIpc) is 2.95. The van der Waals surface area contributed by atoms with Crippen molar-refractivity contribution in [3.8, 4) is 11.5 Å². The summed E-state index contributed by atoms with van der Waals surface area (Å²) < 4.78 is 11.4. The molecule has 0 saturated heterocycles. The molecule has 0 fully saturated rings. The van der Waals surface area contributed by atoms with E-state index in [2.05, 4.69) is 20.9 Å². The van der Waals surface area contributed by atoms with E-state index >= 15 is 0 Å². The van der Waals surface area contributed by atoms with Crippen molar-refractivity contribution in [2.45, 2.75) is 39.3 Å². The van der Waals surface area contributed by atoms with Crippen molar-refractivity contribution in [2.75, 3.05) is 25.6 Å². The van der Waals surface area contributed by atoms with Gasteiger partial charge in [-0.05, 0) is 50.6 Å². The van der Waals surface area contributed by atoms with Crippen LogP contribution in [0.1, 0.15) is 43.1 Å². The number of benzene rings is 2. The predicted octanol–water partition coefficient (Wildman–Crippen LogP) is 4.18. The topological polar surface area (TPSA) is 84.0 Å². The van der Waals surface area contributed by atoms with Crippen molar-refractivity contribution in [1.29, 1.82) is 0 Å². The van der Waals surface area contributed by atoms with Gasteiger partial charge in [0.05, 0.1) is 13.2 Å². The van der Waals surface area contributed by atoms with Gasteiger partial charge in [-0.15, -0.1) is 24.0 Å². The van der Waals surface area contributed by atoms with Crippen LogP contribution in [0.2, 0.25) is 0 Å². The van der Waals surface area contributed by atoms with Crippen LogP contribution in [0, 0.1) is 0 Å². The second-order valence-electron chi connectivity index (χ2n) is 8.17. The summed E-state index contributed by atoms with van der Waals surface area (Å²) in [6.07, 6.45) is 0.869. The number of aliphatic imine (C=N–C) groups is 1. The molecule has 0 bridgehead atoms. The van der Waals surface area contributed by atoms with Gasteiger partial charge in [-0.2, -0.15) is 0 Å². The Balaban J connectivity index is 0.00000341. The van der Waals surface area contributed by atoms with Gasteiger partial charge in [-0.3, -0.25) is 9.79 Å². The summed E-state index contributed by atoms with van der Waals surface area (Å²) in [4.78, 5) is 16.7. The van der Waals surface area contributed by atoms with Crippen LogP contribution in [0.4, 0.5) is 5.69 Å². The van der Waals surface area contributed by atoms with Gasteiger partial charge in [0.2, 0.25) is 0 Å². The van der Waals surface area contributed by atoms with Crippen LogP contribution in [0.25, 0.3) is 0 Å². The van der Waals surface area contributed by atoms with Crippen molar-refractivity contribution in [3.05, 3.63) is 53.6 Å². The van der Waals surface area contributed by atoms with Gasteiger partial charge in [0.1, 0.15) is 0 Å². The molecule has 0 saturated carbocycles. The minimum atomic E-state index is -0.278. The lowest BCUT2D eigenvalue weighted by Crippen LogP contribution is -2.40. The van der Waals surface area contributed by atoms with Crippen LogP contribution >= 0.6 is 24.0 Å². The zero-order valence-electron chi connectivity index (χ0n) is 18.5. The highest BCUT2D eigenvalue weighted by molar-refractivity contribution is 14.0. The molecule has 168 valence electrons. The number of hydrogen-bond donors (Lipinski definition) is 3. The third kappa shape index (κ3) is 7.61. The first-order valence-corrected chi connectivity index (χ1v) is 10.1. The molecule has 1 aliphatic heterocycles. The lowest BCUT2D eigenvalue weighted by molar-refractivity contribution is 0.0919. The molecule has 8 heteroatoms. The molecule has 0 radical (unpaired) electrons. The molecule has 0 atom stereocenters. The fourth-order valence-corrected chi connectivity index (χ4v) is 2.98. The number of amides is 1. The third-order valence-electron chi connectivity index (χ3n) is 4.37. The Morgan fingerprint density at radius 1 is 1.06 bits per heavy atom. The first-order chi connectivity index (χ1) is 14.3. The molecule has 3 rings (SSSR count). The largest absolute Gasteiger partial charge is 0.490 e. The normalized spacial score (nSPS) is 13.5. The fraction of sp³-hybridized carbons (Fsp3) is 0.391. The molecule has 0 aliphatic carbocycles. The second kappa shape index (κ2) is 11.2. The highest BCUT2D eigenvalue weighted by atomic mass is 127. The zero-order chi connectivity index (χ0) is 21.6. The van der Waals surface area contributed by atoms with Crippen molar-refractivity contribution in [2.24, 2.45) is 4.99 Å². The number of carbonyl (C=O) groups is 1. The molecule has 0 aromatic heterocycles. The summed E-state index contributed by atoms with van der Waals surface area (Å²) in [6.45, 7) is 7.72. The standard InChI is InChI=1S/C23H30N4O3.HI/c1-23(2,3)27-21(28)17-8-5-7-16(13-17)15-25-22(24-4)26-18-9-10-19-20(14-18)30-12-6-11-29-19;/h5,7-10,13-14H,6,11-12,15H2,1-4H3,(H,27,28)(H2,24,25,26);1H. The molecular formula is C23H31IN4O3. The SMILES string of the molecule is CN=C(NCc1cccc(C(=O)NC(C)(C)C)c1)Nc1ccc2c(c1)OCCCO2.I. The first-order valence-electron chi connectivity index (χ1n) is 10.1. The zero-order valence-corrected chi connectivity index (χ0v) is 20.8. The van der Waals surface area contributed by atoms with E-state index in [0.717, 1.165) is 29.2 Å². The van der Waals surface area contributed by atoms with Crippen molar-refractivity contribution in [3.63, 3.8) is 0 Å². The van der Waals surface area contributed by atoms with E-state index in [9.17, 15) is 4.79 Å². The molecule has 31 heavy (non-hydrogen) atoms. The Labute approximate surface area is 201 Å². The average molecular weight is 538 g/mol. The van der Waals surface area contributed by atoms with E-state index in [1.54, 1.807) is 7.05 Å². The number of nitrogens with one attached hydrogen (secondary N) is 3. The maximum absolute atomic E-state index is 12.4. The summed E-state index contributed by atoms with van der Waals surface area (Å²) in [6, 6.07) is 13.3. The van der Waals surface area contributed by atoms with Gasteiger partial charge in [0.15, 0.2) is 17.5 Å². The van der Waals surface area contributed by atoms with Crippen LogP contribution < -0.4 is 25.4 Å². The summed E-state index contributed by atoms with van der Waals surface area (Å²) in [5, 5.41) is 9.52. The van der Waals surface area contributed by atoms with Gasteiger partial charge in [-0.1, -0.05) is 12.1 Å². The Morgan fingerprint density at radius 2 is 1.81 bits per heavy atom. The van der Waals surface area contributed by atoms with Gasteiger partial charge >= 0.3 is 0 Å². The van der Waals surface area contributed by atoms with Crippen LogP contribution in [0.5, 0.6) is 11.5 Å². The summed E-state index contributed by atoms with van der Waals surface area (Å²) in [7, 11) is 1.71. The molecule has 3 N–H and O–H groups in total. The quantitative estimate of drug-likeness (QED) is 0.309. The number of hydrogen-bond acceptors (Lipinski definition) is 4. The van der Waals surface area contributed by atoms with Crippen LogP contribution in [-0.4, -0.2) is 37.7 Å². The van der Waals surface area contributed by atoms with E-state index in [1.807, 2.05) is 63.2 Å². The van der Waals surface area contributed by atoms with Gasteiger partial charge in [0, 0.05) is 42.9 Å². The highest BCUT2D eigenvalue weighted by Gasteiger charge is 2.15. The summed E-state index contributed by atoms with van der Waals surface area (Å²) >= 11 is 0. The smallest absolute Gasteiger partial charge is 0.251 e. The number of ether oxygens (including phenoxy) is 2. The molecule has 1 amide bonds. The summed E-state index contributed by atoms with van der Waals surface area (Å²) in [5.74, 6) is 2.02. The maximum atomic E-state index is 12.4. The molecule has 2 aromatic rings. The number of anilines is 1. The van der Waals surface area contributed by atoms with Gasteiger partial charge in [0.25, 0.3) is 5.91 Å². The van der Waals surface area contributed by atoms with Crippen LogP contribution in [0.3, 0.4) is 0 Å². The molecule has 7 nitrogen and oxygen atoms in total. The Morgan fingerprint density at radius 3 is 2.52 bits per heavy atom. The molecular weight excluding hydrogens is 507 g/mol. The first kappa shape index (κ1) is 24.8. The number of fused-ring (bicyclic) bond motifs is 1. The van der Waals surface area contributed by atoms with Crippen LogP contribution in [0.15, 0.2) is 47.5 Å². The minimum Gasteiger partial charge on any atom is -0.490 e. The van der Waals surface area contributed by atoms with E-state index < -0.39 is 0 Å². The Bertz CT molecular complexity index is 925. The minimum absolute atomic E-state index is 0. The van der Waals surface area contributed by atoms with E-state index in [4.69, 9.17) is 9.47 Å². The highest BCUT2D eigenvalue weighted by Crippen LogP contribution is 2.32. The predicted molar refractivity (Wildman–Crippen MR) is 135 cm³/mol. The third-order valence-corrected chi connectivity index (χ3v) is 4.37. The van der Waals surface area contributed by atoms with Crippen molar-refractivity contribution in [1.82, 2.24) is 10.6 Å². The number of nitrogens with zero attached hydrogens (tertiary/aromatic N) is 1. The van der Waals surface area contributed by atoms with Crippen molar-refractivity contribution >= 4 is 41.5 Å². The maximum Gasteiger partial charge on any atom is 0.251 e.